The van der Waals surface area contributed by atoms with E-state index in [0.29, 0.717) is 19.3 Å². The molecule has 1 aromatic heterocycles. The van der Waals surface area contributed by atoms with E-state index < -0.39 is 5.60 Å². The second-order valence-electron chi connectivity index (χ2n) is 6.70. The quantitative estimate of drug-likeness (QED) is 0.883. The maximum absolute atomic E-state index is 12.2. The van der Waals surface area contributed by atoms with Gasteiger partial charge >= 0.3 is 0 Å². The second-order valence-corrected chi connectivity index (χ2v) is 6.70. The number of benzene rings is 1. The Kier molecular flexibility index (Phi) is 4.71. The molecule has 128 valence electrons. The van der Waals surface area contributed by atoms with Crippen LogP contribution in [0.5, 0.6) is 0 Å². The normalized spacial score (nSPS) is 19.8. The molecule has 1 amide bonds. The molecule has 1 aliphatic carbocycles. The lowest BCUT2D eigenvalue weighted by molar-refractivity contribution is -0.122. The molecule has 5 heteroatoms. The molecular weight excluding hydrogens is 302 g/mol. The highest BCUT2D eigenvalue weighted by molar-refractivity contribution is 5.76. The Morgan fingerprint density at radius 3 is 2.96 bits per heavy atom. The summed E-state index contributed by atoms with van der Waals surface area (Å²) in [6.07, 6.45) is 5.51. The van der Waals surface area contributed by atoms with Gasteiger partial charge in [0.2, 0.25) is 5.91 Å². The average Bonchev–Trinajstić information content (AvgIpc) is 2.91. The standard InChI is InChI=1S/C19H25N3O2/c1-14-16(12-21-22(14)2)9-10-18(23)20-13-19(24)11-5-7-15-6-3-4-8-17(15)19/h3-4,6,8,12,24H,5,7,9-11,13H2,1-2H3,(H,20,23). The number of nitrogens with zero attached hydrogens (tertiary/aromatic N) is 2. The van der Waals surface area contributed by atoms with Gasteiger partial charge < -0.3 is 10.4 Å². The lowest BCUT2D eigenvalue weighted by Gasteiger charge is -2.34. The van der Waals surface area contributed by atoms with Crippen LogP contribution in [-0.4, -0.2) is 27.3 Å². The van der Waals surface area contributed by atoms with Crippen molar-refractivity contribution in [2.45, 2.75) is 44.6 Å². The van der Waals surface area contributed by atoms with E-state index in [-0.39, 0.29) is 12.5 Å². The van der Waals surface area contributed by atoms with Crippen molar-refractivity contribution in [2.24, 2.45) is 7.05 Å². The Hall–Kier alpha value is -2.14. The van der Waals surface area contributed by atoms with Crippen molar-refractivity contribution in [1.82, 2.24) is 15.1 Å². The lowest BCUT2D eigenvalue weighted by atomic mass is 9.79. The molecular formula is C19H25N3O2. The van der Waals surface area contributed by atoms with Gasteiger partial charge in [-0.3, -0.25) is 9.48 Å². The summed E-state index contributed by atoms with van der Waals surface area (Å²) in [5.41, 5.74) is 3.37. The molecule has 0 radical (unpaired) electrons. The molecule has 0 bridgehead atoms. The maximum Gasteiger partial charge on any atom is 0.220 e. The van der Waals surface area contributed by atoms with Gasteiger partial charge in [0.1, 0.15) is 5.60 Å². The molecule has 0 spiro atoms. The molecule has 3 rings (SSSR count). The number of carbonyl (C=O) groups excluding carboxylic acids is 1. The van der Waals surface area contributed by atoms with Crippen LogP contribution in [0.3, 0.4) is 0 Å². The second kappa shape index (κ2) is 6.77. The lowest BCUT2D eigenvalue weighted by Crippen LogP contribution is -2.43. The van der Waals surface area contributed by atoms with Gasteiger partial charge in [0.25, 0.3) is 0 Å². The first kappa shape index (κ1) is 16.7. The SMILES string of the molecule is Cc1c(CCC(=O)NCC2(O)CCCc3ccccc32)cnn1C. The summed E-state index contributed by atoms with van der Waals surface area (Å²) < 4.78 is 1.81. The molecule has 2 N–H and O–H groups in total. The molecule has 0 aliphatic heterocycles. The Morgan fingerprint density at radius 2 is 2.21 bits per heavy atom. The first-order valence-corrected chi connectivity index (χ1v) is 8.54. The molecule has 5 nitrogen and oxygen atoms in total. The fourth-order valence-electron chi connectivity index (χ4n) is 3.45. The van der Waals surface area contributed by atoms with Crippen LogP contribution in [0.25, 0.3) is 0 Å². The van der Waals surface area contributed by atoms with E-state index >= 15 is 0 Å². The molecule has 1 aromatic carbocycles. The monoisotopic (exact) mass is 327 g/mol. The van der Waals surface area contributed by atoms with E-state index in [1.807, 2.05) is 43.0 Å². The summed E-state index contributed by atoms with van der Waals surface area (Å²) in [5.74, 6) is -0.0327. The van der Waals surface area contributed by atoms with Crippen LogP contribution in [0.4, 0.5) is 0 Å². The molecule has 24 heavy (non-hydrogen) atoms. The molecule has 1 heterocycles. The number of nitrogens with one attached hydrogen (secondary N) is 1. The largest absolute Gasteiger partial charge is 0.383 e. The Balaban J connectivity index is 1.57. The van der Waals surface area contributed by atoms with Gasteiger partial charge in [-0.1, -0.05) is 24.3 Å². The number of amides is 1. The molecule has 1 aliphatic rings. The van der Waals surface area contributed by atoms with E-state index in [1.165, 1.54) is 5.56 Å². The smallest absolute Gasteiger partial charge is 0.220 e. The number of hydrogen-bond acceptors (Lipinski definition) is 3. The van der Waals surface area contributed by atoms with Crippen LogP contribution in [0.2, 0.25) is 0 Å². The van der Waals surface area contributed by atoms with Crippen LogP contribution in [0.1, 0.15) is 41.6 Å². The summed E-state index contributed by atoms with van der Waals surface area (Å²) in [4.78, 5) is 12.2. The number of carbonyl (C=O) groups is 1. The first-order chi connectivity index (χ1) is 11.5. The van der Waals surface area contributed by atoms with Gasteiger partial charge in [-0.05, 0) is 49.3 Å². The summed E-state index contributed by atoms with van der Waals surface area (Å²) in [6, 6.07) is 7.98. The minimum atomic E-state index is -0.950. The fraction of sp³-hybridized carbons (Fsp3) is 0.474. The predicted octanol–water partition coefficient (Wildman–Crippen LogP) is 2.00. The highest BCUT2D eigenvalue weighted by Crippen LogP contribution is 2.34. The van der Waals surface area contributed by atoms with E-state index in [0.717, 1.165) is 29.7 Å². The van der Waals surface area contributed by atoms with Gasteiger partial charge in [0.15, 0.2) is 0 Å². The third-order valence-electron chi connectivity index (χ3n) is 5.09. The van der Waals surface area contributed by atoms with E-state index in [4.69, 9.17) is 0 Å². The number of hydrogen-bond donors (Lipinski definition) is 2. The highest BCUT2D eigenvalue weighted by Gasteiger charge is 2.34. The van der Waals surface area contributed by atoms with Gasteiger partial charge in [0.05, 0.1) is 12.7 Å². The summed E-state index contributed by atoms with van der Waals surface area (Å²) >= 11 is 0. The minimum Gasteiger partial charge on any atom is -0.383 e. The van der Waals surface area contributed by atoms with Crippen LogP contribution in [0, 0.1) is 6.92 Å². The van der Waals surface area contributed by atoms with Crippen LogP contribution in [-0.2, 0) is 30.3 Å². The van der Waals surface area contributed by atoms with Gasteiger partial charge in [-0.15, -0.1) is 0 Å². The van der Waals surface area contributed by atoms with Gasteiger partial charge in [-0.25, -0.2) is 0 Å². The zero-order chi connectivity index (χ0) is 17.2. The number of aliphatic hydroxyl groups is 1. The molecule has 2 aromatic rings. The van der Waals surface area contributed by atoms with Crippen molar-refractivity contribution < 1.29 is 9.90 Å². The third-order valence-corrected chi connectivity index (χ3v) is 5.09. The van der Waals surface area contributed by atoms with E-state index in [2.05, 4.69) is 16.5 Å². The zero-order valence-electron chi connectivity index (χ0n) is 14.4. The number of aromatic nitrogens is 2. The van der Waals surface area contributed by atoms with Gasteiger partial charge in [0, 0.05) is 19.2 Å². The third kappa shape index (κ3) is 3.36. The highest BCUT2D eigenvalue weighted by atomic mass is 16.3. The van der Waals surface area contributed by atoms with Crippen molar-refractivity contribution in [1.29, 1.82) is 0 Å². The topological polar surface area (TPSA) is 67.2 Å². The number of aryl methyl sites for hydroxylation is 3. The predicted molar refractivity (Wildman–Crippen MR) is 92.6 cm³/mol. The van der Waals surface area contributed by atoms with E-state index in [9.17, 15) is 9.90 Å². The number of rotatable bonds is 5. The molecule has 0 saturated carbocycles. The van der Waals surface area contributed by atoms with Crippen molar-refractivity contribution in [3.8, 4) is 0 Å². The molecule has 0 fully saturated rings. The van der Waals surface area contributed by atoms with Crippen molar-refractivity contribution in [3.63, 3.8) is 0 Å². The van der Waals surface area contributed by atoms with Crippen molar-refractivity contribution in [2.75, 3.05) is 6.54 Å². The Morgan fingerprint density at radius 1 is 1.42 bits per heavy atom. The zero-order valence-corrected chi connectivity index (χ0v) is 14.4. The van der Waals surface area contributed by atoms with Crippen LogP contribution >= 0.6 is 0 Å². The molecule has 1 atom stereocenters. The van der Waals surface area contributed by atoms with E-state index in [1.54, 1.807) is 0 Å². The molecule has 0 saturated heterocycles. The summed E-state index contributed by atoms with van der Waals surface area (Å²) in [6.45, 7) is 2.27. The fourth-order valence-corrected chi connectivity index (χ4v) is 3.45. The Bertz CT molecular complexity index is 738. The van der Waals surface area contributed by atoms with Crippen molar-refractivity contribution in [3.05, 3.63) is 52.8 Å². The first-order valence-electron chi connectivity index (χ1n) is 8.54. The summed E-state index contributed by atoms with van der Waals surface area (Å²) in [7, 11) is 1.90. The average molecular weight is 327 g/mol. The Labute approximate surface area is 142 Å². The van der Waals surface area contributed by atoms with Gasteiger partial charge in [-0.2, -0.15) is 5.10 Å². The molecule has 1 unspecified atom stereocenters. The number of fused-ring (bicyclic) bond motifs is 1. The minimum absolute atomic E-state index is 0.0327. The van der Waals surface area contributed by atoms with Crippen LogP contribution < -0.4 is 5.32 Å². The van der Waals surface area contributed by atoms with Crippen molar-refractivity contribution >= 4 is 5.91 Å². The summed E-state index contributed by atoms with van der Waals surface area (Å²) in [5, 5.41) is 18.1. The maximum atomic E-state index is 12.2. The van der Waals surface area contributed by atoms with Crippen LogP contribution in [0.15, 0.2) is 30.5 Å².